The van der Waals surface area contributed by atoms with Crippen molar-refractivity contribution >= 4 is 23.5 Å². The molecule has 0 radical (unpaired) electrons. The van der Waals surface area contributed by atoms with Gasteiger partial charge in [0, 0.05) is 16.0 Å². The molecule has 32 heavy (non-hydrogen) atoms. The Balaban J connectivity index is 1.77. The minimum Gasteiger partial charge on any atom is -0.450 e. The Kier molecular flexibility index (Phi) is 7.07. The first-order valence-electron chi connectivity index (χ1n) is 10.7. The van der Waals surface area contributed by atoms with Crippen LogP contribution in [0.25, 0.3) is 5.65 Å². The van der Waals surface area contributed by atoms with E-state index in [1.54, 1.807) is 28.7 Å². The standard InChI is InChI=1S/C25H26N4O2S/c1-3-4-16-31-25(30)28-24(20-17-26-22-14-9-15-27-29(20)22)23-18(2)10-8-13-21(23)32-19-11-6-5-7-12-19/h5-15,17,24H,3-4,16H2,1-2H3,(H,28,30). The van der Waals surface area contributed by atoms with Crippen LogP contribution in [0.2, 0.25) is 0 Å². The molecule has 0 bridgehead atoms. The molecule has 1 N–H and O–H groups in total. The first-order valence-corrected chi connectivity index (χ1v) is 11.5. The fourth-order valence-electron chi connectivity index (χ4n) is 3.54. The topological polar surface area (TPSA) is 68.5 Å². The van der Waals surface area contributed by atoms with E-state index in [2.05, 4.69) is 53.5 Å². The number of aryl methyl sites for hydroxylation is 1. The van der Waals surface area contributed by atoms with Gasteiger partial charge in [-0.15, -0.1) is 0 Å². The van der Waals surface area contributed by atoms with E-state index in [0.717, 1.165) is 45.1 Å². The van der Waals surface area contributed by atoms with Crippen molar-refractivity contribution in [3.8, 4) is 0 Å². The highest BCUT2D eigenvalue weighted by Crippen LogP contribution is 2.37. The Hall–Kier alpha value is -3.32. The molecule has 0 aliphatic heterocycles. The van der Waals surface area contributed by atoms with Crippen molar-refractivity contribution in [1.29, 1.82) is 0 Å². The molecule has 0 saturated heterocycles. The van der Waals surface area contributed by atoms with Gasteiger partial charge in [0.15, 0.2) is 5.65 Å². The molecule has 164 valence electrons. The lowest BCUT2D eigenvalue weighted by Gasteiger charge is -2.23. The maximum Gasteiger partial charge on any atom is 0.407 e. The molecule has 0 aliphatic carbocycles. The van der Waals surface area contributed by atoms with Crippen LogP contribution >= 0.6 is 11.8 Å². The van der Waals surface area contributed by atoms with Crippen LogP contribution in [-0.4, -0.2) is 27.3 Å². The van der Waals surface area contributed by atoms with E-state index in [0.29, 0.717) is 6.61 Å². The number of nitrogens with one attached hydrogen (secondary N) is 1. The van der Waals surface area contributed by atoms with E-state index in [1.165, 1.54) is 0 Å². The molecule has 6 nitrogen and oxygen atoms in total. The number of benzene rings is 2. The Bertz CT molecular complexity index is 1190. The maximum atomic E-state index is 12.7. The van der Waals surface area contributed by atoms with E-state index >= 15 is 0 Å². The molecule has 1 atom stereocenters. The highest BCUT2D eigenvalue weighted by molar-refractivity contribution is 7.99. The third-order valence-corrected chi connectivity index (χ3v) is 6.22. The summed E-state index contributed by atoms with van der Waals surface area (Å²) < 4.78 is 7.20. The van der Waals surface area contributed by atoms with Crippen LogP contribution in [-0.2, 0) is 4.74 Å². The van der Waals surface area contributed by atoms with Gasteiger partial charge in [0.1, 0.15) is 6.04 Å². The van der Waals surface area contributed by atoms with Crippen molar-refractivity contribution in [1.82, 2.24) is 19.9 Å². The number of carbonyl (C=O) groups is 1. The average Bonchev–Trinajstić information content (AvgIpc) is 3.23. The van der Waals surface area contributed by atoms with Crippen LogP contribution in [0, 0.1) is 6.92 Å². The third kappa shape index (κ3) is 4.94. The molecule has 7 heteroatoms. The second kappa shape index (κ2) is 10.3. The van der Waals surface area contributed by atoms with Gasteiger partial charge < -0.3 is 10.1 Å². The van der Waals surface area contributed by atoms with Crippen LogP contribution in [0.4, 0.5) is 4.79 Å². The molecule has 0 fully saturated rings. The molecule has 4 aromatic rings. The Morgan fingerprint density at radius 3 is 2.78 bits per heavy atom. The summed E-state index contributed by atoms with van der Waals surface area (Å²) in [6.07, 6.45) is 4.82. The van der Waals surface area contributed by atoms with Gasteiger partial charge in [-0.2, -0.15) is 5.10 Å². The number of fused-ring (bicyclic) bond motifs is 1. The second-order valence-corrected chi connectivity index (χ2v) is 8.56. The van der Waals surface area contributed by atoms with E-state index < -0.39 is 12.1 Å². The fraction of sp³-hybridized carbons (Fsp3) is 0.240. The van der Waals surface area contributed by atoms with Crippen LogP contribution in [0.3, 0.4) is 0 Å². The molecule has 4 rings (SSSR count). The first kappa shape index (κ1) is 21.9. The van der Waals surface area contributed by atoms with Crippen molar-refractivity contribution in [3.05, 3.63) is 89.9 Å². The van der Waals surface area contributed by atoms with Crippen LogP contribution in [0.15, 0.2) is 82.8 Å². The monoisotopic (exact) mass is 446 g/mol. The Morgan fingerprint density at radius 2 is 1.97 bits per heavy atom. The number of amides is 1. The summed E-state index contributed by atoms with van der Waals surface area (Å²) >= 11 is 1.67. The zero-order chi connectivity index (χ0) is 22.3. The summed E-state index contributed by atoms with van der Waals surface area (Å²) in [7, 11) is 0. The number of carbonyl (C=O) groups excluding carboxylic acids is 1. The molecule has 0 saturated carbocycles. The van der Waals surface area contributed by atoms with Crippen molar-refractivity contribution in [3.63, 3.8) is 0 Å². The zero-order valence-electron chi connectivity index (χ0n) is 18.2. The van der Waals surface area contributed by atoms with Gasteiger partial charge in [-0.1, -0.05) is 55.4 Å². The third-order valence-electron chi connectivity index (χ3n) is 5.14. The number of unbranched alkanes of at least 4 members (excludes halogenated alkanes) is 1. The summed E-state index contributed by atoms with van der Waals surface area (Å²) in [5.41, 5.74) is 3.56. The van der Waals surface area contributed by atoms with Gasteiger partial charge in [0.2, 0.25) is 0 Å². The second-order valence-electron chi connectivity index (χ2n) is 7.45. The minimum atomic E-state index is -0.471. The molecule has 0 aliphatic rings. The summed E-state index contributed by atoms with van der Waals surface area (Å²) in [6, 6.07) is 19.6. The minimum absolute atomic E-state index is 0.389. The molecule has 2 aromatic heterocycles. The first-order chi connectivity index (χ1) is 15.7. The SMILES string of the molecule is CCCCOC(=O)NC(c1c(C)cccc1Sc1ccccc1)c1cnc2cccnn12. The number of hydrogen-bond acceptors (Lipinski definition) is 5. The van der Waals surface area contributed by atoms with E-state index in [4.69, 9.17) is 4.74 Å². The smallest absolute Gasteiger partial charge is 0.407 e. The van der Waals surface area contributed by atoms with E-state index in [9.17, 15) is 4.79 Å². The Labute approximate surface area is 192 Å². The lowest BCUT2D eigenvalue weighted by atomic mass is 9.99. The highest BCUT2D eigenvalue weighted by Gasteiger charge is 2.26. The number of imidazole rings is 1. The summed E-state index contributed by atoms with van der Waals surface area (Å²) in [5, 5.41) is 7.55. The Morgan fingerprint density at radius 1 is 1.12 bits per heavy atom. The van der Waals surface area contributed by atoms with Crippen LogP contribution < -0.4 is 5.32 Å². The average molecular weight is 447 g/mol. The molecular formula is C25H26N4O2S. The summed E-state index contributed by atoms with van der Waals surface area (Å²) in [4.78, 5) is 19.4. The fourth-order valence-corrected chi connectivity index (χ4v) is 4.62. The number of alkyl carbamates (subject to hydrolysis) is 1. The number of ether oxygens (including phenoxy) is 1. The van der Waals surface area contributed by atoms with Crippen molar-refractivity contribution in [2.45, 2.75) is 42.5 Å². The lowest BCUT2D eigenvalue weighted by Crippen LogP contribution is -2.32. The van der Waals surface area contributed by atoms with Crippen molar-refractivity contribution in [2.75, 3.05) is 6.61 Å². The quantitative estimate of drug-likeness (QED) is 0.346. The number of rotatable bonds is 8. The summed E-state index contributed by atoms with van der Waals surface area (Å²) in [5.74, 6) is 0. The number of aromatic nitrogens is 3. The molecule has 0 spiro atoms. The normalized spacial score (nSPS) is 11.9. The number of nitrogens with zero attached hydrogens (tertiary/aromatic N) is 3. The lowest BCUT2D eigenvalue weighted by molar-refractivity contribution is 0.141. The van der Waals surface area contributed by atoms with Gasteiger partial charge >= 0.3 is 6.09 Å². The molecular weight excluding hydrogens is 420 g/mol. The van der Waals surface area contributed by atoms with Gasteiger partial charge in [-0.25, -0.2) is 14.3 Å². The van der Waals surface area contributed by atoms with Crippen LogP contribution in [0.5, 0.6) is 0 Å². The molecule has 1 unspecified atom stereocenters. The van der Waals surface area contributed by atoms with Crippen molar-refractivity contribution in [2.24, 2.45) is 0 Å². The van der Waals surface area contributed by atoms with Gasteiger partial charge in [0.05, 0.1) is 18.5 Å². The molecule has 2 heterocycles. The molecule has 2 aromatic carbocycles. The predicted octanol–water partition coefficient (Wildman–Crippen LogP) is 5.80. The largest absolute Gasteiger partial charge is 0.450 e. The predicted molar refractivity (Wildman–Crippen MR) is 126 cm³/mol. The van der Waals surface area contributed by atoms with Gasteiger partial charge in [-0.05, 0) is 54.8 Å². The van der Waals surface area contributed by atoms with Gasteiger partial charge in [0.25, 0.3) is 0 Å². The van der Waals surface area contributed by atoms with E-state index in [-0.39, 0.29) is 0 Å². The van der Waals surface area contributed by atoms with Gasteiger partial charge in [-0.3, -0.25) is 0 Å². The summed E-state index contributed by atoms with van der Waals surface area (Å²) in [6.45, 7) is 4.51. The maximum absolute atomic E-state index is 12.7. The number of hydrogen-bond donors (Lipinski definition) is 1. The highest BCUT2D eigenvalue weighted by atomic mass is 32.2. The molecule has 1 amide bonds. The van der Waals surface area contributed by atoms with Crippen LogP contribution in [0.1, 0.15) is 42.6 Å². The van der Waals surface area contributed by atoms with Crippen molar-refractivity contribution < 1.29 is 9.53 Å². The van der Waals surface area contributed by atoms with E-state index in [1.807, 2.05) is 36.4 Å². The zero-order valence-corrected chi connectivity index (χ0v) is 19.0.